The van der Waals surface area contributed by atoms with Gasteiger partial charge in [-0.2, -0.15) is 0 Å². The third-order valence-corrected chi connectivity index (χ3v) is 3.41. The molecule has 0 heterocycles. The van der Waals surface area contributed by atoms with E-state index in [9.17, 15) is 4.79 Å². The summed E-state index contributed by atoms with van der Waals surface area (Å²) in [5, 5.41) is 2.96. The van der Waals surface area contributed by atoms with E-state index in [2.05, 4.69) is 5.32 Å². The van der Waals surface area contributed by atoms with Crippen molar-refractivity contribution < 1.29 is 9.53 Å². The summed E-state index contributed by atoms with van der Waals surface area (Å²) in [6.07, 6.45) is 0.398. The molecule has 1 amide bonds. The molecule has 0 saturated carbocycles. The van der Waals surface area contributed by atoms with Crippen LogP contribution in [0.2, 0.25) is 0 Å². The lowest BCUT2D eigenvalue weighted by atomic mass is 10.1. The summed E-state index contributed by atoms with van der Waals surface area (Å²) >= 11 is 0. The van der Waals surface area contributed by atoms with E-state index in [1.165, 1.54) is 11.1 Å². The molecule has 0 aliphatic heterocycles. The topological polar surface area (TPSA) is 38.3 Å². The minimum Gasteiger partial charge on any atom is -0.491 e. The van der Waals surface area contributed by atoms with Crippen LogP contribution in [-0.4, -0.2) is 18.6 Å². The highest BCUT2D eigenvalue weighted by atomic mass is 16.5. The Morgan fingerprint density at radius 3 is 2.14 bits per heavy atom. The highest BCUT2D eigenvalue weighted by Crippen LogP contribution is 2.11. The van der Waals surface area contributed by atoms with Crippen molar-refractivity contribution >= 4 is 5.91 Å². The van der Waals surface area contributed by atoms with Crippen LogP contribution in [0.25, 0.3) is 0 Å². The first kappa shape index (κ1) is 16.1. The minimum absolute atomic E-state index is 0.0175. The summed E-state index contributed by atoms with van der Waals surface area (Å²) in [6.45, 7) is 6.48. The minimum atomic E-state index is -0.0285. The molecule has 22 heavy (non-hydrogen) atoms. The lowest BCUT2D eigenvalue weighted by Gasteiger charge is -2.15. The van der Waals surface area contributed by atoms with E-state index in [1.807, 2.05) is 69.3 Å². The molecule has 0 saturated heterocycles. The molecule has 0 aliphatic carbocycles. The largest absolute Gasteiger partial charge is 0.491 e. The number of aryl methyl sites for hydroxylation is 2. The molecule has 0 fully saturated rings. The van der Waals surface area contributed by atoms with Gasteiger partial charge in [-0.1, -0.05) is 47.5 Å². The molecule has 0 aromatic heterocycles. The maximum atomic E-state index is 12.0. The molecule has 2 aromatic rings. The Bertz CT molecular complexity index is 602. The highest BCUT2D eigenvalue weighted by molar-refractivity contribution is 5.78. The standard InChI is InChI=1S/C19H23NO2/c1-14-4-8-17(9-5-14)12-19(21)20-16(3)13-22-18-10-6-15(2)7-11-18/h4-11,16H,12-13H2,1-3H3,(H,20,21)/t16-/m0/s1. The van der Waals surface area contributed by atoms with Crippen molar-refractivity contribution in [1.29, 1.82) is 0 Å². The number of ether oxygens (including phenoxy) is 1. The molecule has 0 unspecified atom stereocenters. The summed E-state index contributed by atoms with van der Waals surface area (Å²) in [7, 11) is 0. The molecule has 1 atom stereocenters. The van der Waals surface area contributed by atoms with Gasteiger partial charge in [0.25, 0.3) is 0 Å². The molecule has 2 rings (SSSR count). The smallest absolute Gasteiger partial charge is 0.224 e. The van der Waals surface area contributed by atoms with Gasteiger partial charge in [0.1, 0.15) is 12.4 Å². The van der Waals surface area contributed by atoms with E-state index in [4.69, 9.17) is 4.74 Å². The number of hydrogen-bond acceptors (Lipinski definition) is 2. The van der Waals surface area contributed by atoms with Crippen molar-refractivity contribution in [1.82, 2.24) is 5.32 Å². The predicted octanol–water partition coefficient (Wildman–Crippen LogP) is 3.43. The number of amides is 1. The van der Waals surface area contributed by atoms with Crippen LogP contribution in [0.5, 0.6) is 5.75 Å². The molecule has 2 aromatic carbocycles. The van der Waals surface area contributed by atoms with Gasteiger partial charge in [0, 0.05) is 0 Å². The first-order chi connectivity index (χ1) is 10.5. The molecule has 0 spiro atoms. The Balaban J connectivity index is 1.76. The summed E-state index contributed by atoms with van der Waals surface area (Å²) in [5.41, 5.74) is 3.42. The van der Waals surface area contributed by atoms with Crippen LogP contribution in [0.15, 0.2) is 48.5 Å². The van der Waals surface area contributed by atoms with Crippen molar-refractivity contribution in [2.45, 2.75) is 33.2 Å². The molecule has 0 aliphatic rings. The van der Waals surface area contributed by atoms with E-state index >= 15 is 0 Å². The van der Waals surface area contributed by atoms with Crippen LogP contribution in [0, 0.1) is 13.8 Å². The zero-order valence-electron chi connectivity index (χ0n) is 13.4. The lowest BCUT2D eigenvalue weighted by Crippen LogP contribution is -2.37. The molecule has 0 radical (unpaired) electrons. The normalized spacial score (nSPS) is 11.8. The number of nitrogens with one attached hydrogen (secondary N) is 1. The molecular weight excluding hydrogens is 274 g/mol. The van der Waals surface area contributed by atoms with Crippen molar-refractivity contribution in [3.05, 3.63) is 65.2 Å². The SMILES string of the molecule is Cc1ccc(CC(=O)N[C@@H](C)COc2ccc(C)cc2)cc1. The van der Waals surface area contributed by atoms with E-state index in [0.29, 0.717) is 13.0 Å². The zero-order valence-corrected chi connectivity index (χ0v) is 13.4. The maximum Gasteiger partial charge on any atom is 0.224 e. The van der Waals surface area contributed by atoms with Crippen molar-refractivity contribution in [2.24, 2.45) is 0 Å². The third-order valence-electron chi connectivity index (χ3n) is 3.41. The molecule has 3 nitrogen and oxygen atoms in total. The summed E-state index contributed by atoms with van der Waals surface area (Å²) in [4.78, 5) is 12.0. The van der Waals surface area contributed by atoms with Crippen LogP contribution in [0.1, 0.15) is 23.6 Å². The predicted molar refractivity (Wildman–Crippen MR) is 89.2 cm³/mol. The van der Waals surface area contributed by atoms with Gasteiger partial charge in [0.05, 0.1) is 12.5 Å². The zero-order chi connectivity index (χ0) is 15.9. The number of rotatable bonds is 6. The van der Waals surface area contributed by atoms with Gasteiger partial charge < -0.3 is 10.1 Å². The fraction of sp³-hybridized carbons (Fsp3) is 0.316. The van der Waals surface area contributed by atoms with E-state index in [-0.39, 0.29) is 11.9 Å². The van der Waals surface area contributed by atoms with E-state index in [1.54, 1.807) is 0 Å². The average Bonchev–Trinajstić information content (AvgIpc) is 2.49. The molecule has 116 valence electrons. The van der Waals surface area contributed by atoms with E-state index < -0.39 is 0 Å². The molecule has 1 N–H and O–H groups in total. The Labute approximate surface area is 132 Å². The van der Waals surface area contributed by atoms with Crippen LogP contribution in [0.4, 0.5) is 0 Å². The second-order valence-corrected chi connectivity index (χ2v) is 5.75. The quantitative estimate of drug-likeness (QED) is 0.887. The Hall–Kier alpha value is -2.29. The van der Waals surface area contributed by atoms with Gasteiger partial charge in [-0.3, -0.25) is 4.79 Å². The van der Waals surface area contributed by atoms with Crippen molar-refractivity contribution in [3.63, 3.8) is 0 Å². The Kier molecular flexibility index (Phi) is 5.59. The summed E-state index contributed by atoms with van der Waals surface area (Å²) in [6, 6.07) is 15.9. The Morgan fingerprint density at radius 2 is 1.55 bits per heavy atom. The van der Waals surface area contributed by atoms with Crippen LogP contribution < -0.4 is 10.1 Å². The van der Waals surface area contributed by atoms with Gasteiger partial charge in [-0.25, -0.2) is 0 Å². The van der Waals surface area contributed by atoms with Crippen molar-refractivity contribution in [3.8, 4) is 5.75 Å². The number of carbonyl (C=O) groups is 1. The van der Waals surface area contributed by atoms with Crippen LogP contribution >= 0.6 is 0 Å². The monoisotopic (exact) mass is 297 g/mol. The Morgan fingerprint density at radius 1 is 1.00 bits per heavy atom. The molecular formula is C19H23NO2. The maximum absolute atomic E-state index is 12.0. The van der Waals surface area contributed by atoms with Crippen LogP contribution in [-0.2, 0) is 11.2 Å². The summed E-state index contributed by atoms with van der Waals surface area (Å²) in [5.74, 6) is 0.842. The number of hydrogen-bond donors (Lipinski definition) is 1. The fourth-order valence-electron chi connectivity index (χ4n) is 2.11. The summed E-state index contributed by atoms with van der Waals surface area (Å²) < 4.78 is 5.67. The van der Waals surface area contributed by atoms with Gasteiger partial charge in [-0.05, 0) is 38.5 Å². The molecule has 3 heteroatoms. The second-order valence-electron chi connectivity index (χ2n) is 5.75. The molecule has 0 bridgehead atoms. The van der Waals surface area contributed by atoms with Gasteiger partial charge in [-0.15, -0.1) is 0 Å². The second kappa shape index (κ2) is 7.64. The fourth-order valence-corrected chi connectivity index (χ4v) is 2.11. The first-order valence-electron chi connectivity index (χ1n) is 7.57. The number of benzene rings is 2. The van der Waals surface area contributed by atoms with Gasteiger partial charge in [0.15, 0.2) is 0 Å². The van der Waals surface area contributed by atoms with Crippen LogP contribution in [0.3, 0.4) is 0 Å². The van der Waals surface area contributed by atoms with Gasteiger partial charge >= 0.3 is 0 Å². The van der Waals surface area contributed by atoms with Crippen molar-refractivity contribution in [2.75, 3.05) is 6.61 Å². The van der Waals surface area contributed by atoms with Gasteiger partial charge in [0.2, 0.25) is 5.91 Å². The highest BCUT2D eigenvalue weighted by Gasteiger charge is 2.09. The first-order valence-corrected chi connectivity index (χ1v) is 7.57. The van der Waals surface area contributed by atoms with E-state index in [0.717, 1.165) is 11.3 Å². The average molecular weight is 297 g/mol. The third kappa shape index (κ3) is 5.24. The number of carbonyl (C=O) groups excluding carboxylic acids is 1. The lowest BCUT2D eigenvalue weighted by molar-refractivity contribution is -0.121.